The molecule has 1 rings (SSSR count). The van der Waals surface area contributed by atoms with Crippen molar-refractivity contribution in [1.82, 2.24) is 12.8 Å². The Morgan fingerprint density at radius 2 is 1.85 bits per heavy atom. The Labute approximate surface area is 93.9 Å². The van der Waals surface area contributed by atoms with Crippen molar-refractivity contribution in [3.05, 3.63) is 0 Å². The molecule has 0 fully saturated rings. The quantitative estimate of drug-likeness (QED) is 0.625. The average molecular weight is 270 g/mol. The van der Waals surface area contributed by atoms with Crippen LogP contribution in [-0.4, -0.2) is 41.7 Å². The first kappa shape index (κ1) is 11.4. The predicted molar refractivity (Wildman–Crippen MR) is 48.4 cm³/mol. The number of hydrogen-bond donors (Lipinski definition) is 2. The highest BCUT2D eigenvalue weighted by molar-refractivity contribution is 6.43. The summed E-state index contributed by atoms with van der Waals surface area (Å²) < 4.78 is 1.72. The standard InChI is InChI=1S/C3H4Cl4N4O2/c4-9-1(11(6)7)8-2(12)10(5)3(9)13/h2-3,12-13H. The molecule has 6 nitrogen and oxygen atoms in total. The zero-order valence-corrected chi connectivity index (χ0v) is 8.87. The van der Waals surface area contributed by atoms with Gasteiger partial charge in [-0.15, -0.1) is 4.42 Å². The third kappa shape index (κ3) is 2.21. The van der Waals surface area contributed by atoms with Crippen molar-refractivity contribution in [3.8, 4) is 0 Å². The van der Waals surface area contributed by atoms with E-state index in [-0.39, 0.29) is 5.96 Å². The third-order valence-corrected chi connectivity index (χ3v) is 2.19. The summed E-state index contributed by atoms with van der Waals surface area (Å²) in [5.74, 6) is -0.234. The Hall–Kier alpha value is 0.310. The molecule has 2 atom stereocenters. The molecule has 2 unspecified atom stereocenters. The van der Waals surface area contributed by atoms with E-state index >= 15 is 0 Å². The molecule has 0 saturated carbocycles. The molecule has 0 spiro atoms. The minimum atomic E-state index is -1.48. The zero-order chi connectivity index (χ0) is 10.2. The van der Waals surface area contributed by atoms with Crippen LogP contribution in [-0.2, 0) is 0 Å². The Balaban J connectivity index is 2.91. The van der Waals surface area contributed by atoms with Crippen molar-refractivity contribution in [2.24, 2.45) is 4.99 Å². The van der Waals surface area contributed by atoms with E-state index in [9.17, 15) is 5.11 Å². The van der Waals surface area contributed by atoms with Gasteiger partial charge in [-0.1, -0.05) is 0 Å². The molecule has 1 heterocycles. The monoisotopic (exact) mass is 268 g/mol. The summed E-state index contributed by atoms with van der Waals surface area (Å²) in [6.07, 6.45) is -2.95. The fourth-order valence-corrected chi connectivity index (χ4v) is 1.37. The maximum atomic E-state index is 9.24. The molecule has 0 amide bonds. The molecule has 1 aliphatic rings. The lowest BCUT2D eigenvalue weighted by atomic mass is 10.7. The van der Waals surface area contributed by atoms with Crippen LogP contribution < -0.4 is 0 Å². The second kappa shape index (κ2) is 4.22. The van der Waals surface area contributed by atoms with Crippen molar-refractivity contribution >= 4 is 53.1 Å². The minimum absolute atomic E-state index is 0.234. The van der Waals surface area contributed by atoms with Gasteiger partial charge in [-0.2, -0.15) is 3.94 Å². The van der Waals surface area contributed by atoms with Crippen LogP contribution in [0, 0.1) is 0 Å². The average Bonchev–Trinajstić information content (AvgIpc) is 2.07. The first-order chi connectivity index (χ1) is 5.95. The van der Waals surface area contributed by atoms with E-state index in [4.69, 9.17) is 52.2 Å². The van der Waals surface area contributed by atoms with Crippen LogP contribution in [0.25, 0.3) is 0 Å². The molecule has 0 aromatic rings. The summed E-state index contributed by atoms with van der Waals surface area (Å²) in [7, 11) is 0. The van der Waals surface area contributed by atoms with Crippen molar-refractivity contribution in [2.45, 2.75) is 12.7 Å². The fraction of sp³-hybridized carbons (Fsp3) is 0.667. The summed E-state index contributed by atoms with van der Waals surface area (Å²) in [5.41, 5.74) is 0. The highest BCUT2D eigenvalue weighted by Crippen LogP contribution is 2.22. The Morgan fingerprint density at radius 3 is 2.31 bits per heavy atom. The second-order valence-electron chi connectivity index (χ2n) is 2.01. The number of aliphatic hydroxyl groups is 2. The Kier molecular flexibility index (Phi) is 3.70. The van der Waals surface area contributed by atoms with Crippen molar-refractivity contribution in [2.75, 3.05) is 0 Å². The minimum Gasteiger partial charge on any atom is -0.359 e. The number of guanidine groups is 1. The van der Waals surface area contributed by atoms with Gasteiger partial charge in [-0.3, -0.25) is 0 Å². The molecule has 0 aromatic carbocycles. The SMILES string of the molecule is OC1N=C(N(Cl)Cl)N(Cl)C(O)N1Cl. The van der Waals surface area contributed by atoms with Crippen LogP contribution in [0.15, 0.2) is 4.99 Å². The Morgan fingerprint density at radius 1 is 1.31 bits per heavy atom. The van der Waals surface area contributed by atoms with Gasteiger partial charge in [0.2, 0.25) is 18.7 Å². The van der Waals surface area contributed by atoms with E-state index < -0.39 is 12.7 Å². The lowest BCUT2D eigenvalue weighted by Gasteiger charge is -2.34. The van der Waals surface area contributed by atoms with E-state index in [2.05, 4.69) is 4.99 Å². The largest absolute Gasteiger partial charge is 0.359 e. The van der Waals surface area contributed by atoms with E-state index in [1.54, 1.807) is 0 Å². The van der Waals surface area contributed by atoms with Crippen LogP contribution in [0.2, 0.25) is 0 Å². The number of halogens is 4. The number of rotatable bonds is 0. The van der Waals surface area contributed by atoms with Crippen LogP contribution >= 0.6 is 47.1 Å². The Bertz CT molecular complexity index is 225. The summed E-state index contributed by atoms with van der Waals surface area (Å²) >= 11 is 21.4. The van der Waals surface area contributed by atoms with Crippen LogP contribution in [0.3, 0.4) is 0 Å². The summed E-state index contributed by atoms with van der Waals surface area (Å²) in [4.78, 5) is 3.46. The molecule has 10 heteroatoms. The first-order valence-corrected chi connectivity index (χ1v) is 4.25. The lowest BCUT2D eigenvalue weighted by Crippen LogP contribution is -2.52. The molecule has 76 valence electrons. The lowest BCUT2D eigenvalue weighted by molar-refractivity contribution is -0.0886. The molecule has 0 aliphatic carbocycles. The maximum absolute atomic E-state index is 9.24. The van der Waals surface area contributed by atoms with Gasteiger partial charge in [-0.05, 0) is 11.8 Å². The molecule has 0 radical (unpaired) electrons. The van der Waals surface area contributed by atoms with Gasteiger partial charge in [0, 0.05) is 35.3 Å². The van der Waals surface area contributed by atoms with Crippen molar-refractivity contribution in [3.63, 3.8) is 0 Å². The van der Waals surface area contributed by atoms with E-state index in [1.165, 1.54) is 0 Å². The van der Waals surface area contributed by atoms with Crippen molar-refractivity contribution < 1.29 is 10.2 Å². The topological polar surface area (TPSA) is 62.5 Å². The maximum Gasteiger partial charge on any atom is 0.249 e. The van der Waals surface area contributed by atoms with Crippen LogP contribution in [0.5, 0.6) is 0 Å². The molecular weight excluding hydrogens is 266 g/mol. The molecule has 1 aliphatic heterocycles. The van der Waals surface area contributed by atoms with Crippen molar-refractivity contribution in [1.29, 1.82) is 0 Å². The van der Waals surface area contributed by atoms with E-state index in [1.807, 2.05) is 0 Å². The fourth-order valence-electron chi connectivity index (χ4n) is 0.649. The first-order valence-electron chi connectivity index (χ1n) is 2.90. The van der Waals surface area contributed by atoms with Gasteiger partial charge in [0.15, 0.2) is 0 Å². The predicted octanol–water partition coefficient (Wildman–Crippen LogP) is 0.429. The summed E-state index contributed by atoms with van der Waals surface area (Å²) in [5, 5.41) is 18.3. The van der Waals surface area contributed by atoms with Gasteiger partial charge in [0.05, 0.1) is 0 Å². The zero-order valence-electron chi connectivity index (χ0n) is 5.85. The summed E-state index contributed by atoms with van der Waals surface area (Å²) in [6.45, 7) is 0. The van der Waals surface area contributed by atoms with Gasteiger partial charge < -0.3 is 10.2 Å². The number of aliphatic imine (C=N–C) groups is 1. The smallest absolute Gasteiger partial charge is 0.249 e. The van der Waals surface area contributed by atoms with Crippen LogP contribution in [0.1, 0.15) is 0 Å². The molecule has 13 heavy (non-hydrogen) atoms. The van der Waals surface area contributed by atoms with E-state index in [0.717, 1.165) is 0 Å². The van der Waals surface area contributed by atoms with Gasteiger partial charge >= 0.3 is 0 Å². The normalized spacial score (nSPS) is 30.3. The number of hydrogen-bond acceptors (Lipinski definition) is 6. The van der Waals surface area contributed by atoms with Gasteiger partial charge in [-0.25, -0.2) is 9.41 Å². The van der Waals surface area contributed by atoms with Gasteiger partial charge in [0.25, 0.3) is 0 Å². The highest BCUT2D eigenvalue weighted by Gasteiger charge is 2.36. The second-order valence-corrected chi connectivity index (χ2v) is 3.61. The number of aliphatic hydroxyl groups excluding tert-OH is 2. The third-order valence-electron chi connectivity index (χ3n) is 1.22. The molecule has 0 bridgehead atoms. The molecule has 2 N–H and O–H groups in total. The number of nitrogens with zero attached hydrogens (tertiary/aromatic N) is 4. The highest BCUT2D eigenvalue weighted by atomic mass is 35.5. The summed E-state index contributed by atoms with van der Waals surface area (Å²) in [6, 6.07) is 0. The van der Waals surface area contributed by atoms with Crippen LogP contribution in [0.4, 0.5) is 0 Å². The molecule has 0 aromatic heterocycles. The van der Waals surface area contributed by atoms with Gasteiger partial charge in [0.1, 0.15) is 0 Å². The molecule has 0 saturated heterocycles. The van der Waals surface area contributed by atoms with E-state index in [0.29, 0.717) is 12.8 Å². The molecular formula is C3H4Cl4N4O2.